The number of ether oxygens (including phenoxy) is 3. The highest BCUT2D eigenvalue weighted by molar-refractivity contribution is 6.37. The predicted molar refractivity (Wildman–Crippen MR) is 93.6 cm³/mol. The molecule has 0 aromatic rings. The maximum atomic E-state index is 12.2. The molecule has 2 rings (SSSR count). The van der Waals surface area contributed by atoms with Crippen LogP contribution in [-0.2, 0) is 33.4 Å². The quantitative estimate of drug-likeness (QED) is 0.131. The van der Waals surface area contributed by atoms with Gasteiger partial charge in [0.25, 0.3) is 5.78 Å². The molecule has 2 heterocycles. The van der Waals surface area contributed by atoms with E-state index in [2.05, 4.69) is 5.32 Å². The van der Waals surface area contributed by atoms with Gasteiger partial charge in [-0.25, -0.2) is 4.79 Å². The van der Waals surface area contributed by atoms with E-state index in [1.54, 1.807) is 0 Å². The van der Waals surface area contributed by atoms with Crippen molar-refractivity contribution in [3.05, 3.63) is 0 Å². The van der Waals surface area contributed by atoms with Gasteiger partial charge < -0.3 is 36.1 Å². The molecule has 6 N–H and O–H groups in total. The van der Waals surface area contributed by atoms with Crippen LogP contribution in [0.2, 0.25) is 0 Å². The smallest absolute Gasteiger partial charge is 0.379 e. The summed E-state index contributed by atoms with van der Waals surface area (Å²) in [4.78, 5) is 48.0. The van der Waals surface area contributed by atoms with Gasteiger partial charge in [-0.15, -0.1) is 0 Å². The van der Waals surface area contributed by atoms with E-state index in [9.17, 15) is 24.3 Å². The van der Waals surface area contributed by atoms with Crippen LogP contribution >= 0.6 is 0 Å². The summed E-state index contributed by atoms with van der Waals surface area (Å²) < 4.78 is 15.2. The molecular weight excluding hydrogens is 374 g/mol. The summed E-state index contributed by atoms with van der Waals surface area (Å²) in [6.45, 7) is 0.350. The fraction of sp³-hybridized carbons (Fsp3) is 0.765. The van der Waals surface area contributed by atoms with Crippen molar-refractivity contribution in [1.82, 2.24) is 5.32 Å². The number of hydrogen-bond donors (Lipinski definition) is 4. The Hall–Kier alpha value is -2.08. The van der Waals surface area contributed by atoms with Crippen LogP contribution in [0, 0.1) is 0 Å². The van der Waals surface area contributed by atoms with Crippen molar-refractivity contribution in [1.29, 1.82) is 0 Å². The largest absolute Gasteiger partial charge is 0.455 e. The fourth-order valence-electron chi connectivity index (χ4n) is 3.06. The first-order valence-electron chi connectivity index (χ1n) is 9.34. The Morgan fingerprint density at radius 1 is 1.32 bits per heavy atom. The molecule has 2 fully saturated rings. The SMILES string of the molecule is NCCCC[C@H](N)C(=O)O[C@@H](CO)[C@H]1OC(=O)C(=O)C1OC(=O)[C@@H]1CCCN1. The summed E-state index contributed by atoms with van der Waals surface area (Å²) in [6.07, 6.45) is -1.49. The van der Waals surface area contributed by atoms with Gasteiger partial charge >= 0.3 is 17.9 Å². The van der Waals surface area contributed by atoms with Crippen molar-refractivity contribution in [3.8, 4) is 0 Å². The Morgan fingerprint density at radius 3 is 2.68 bits per heavy atom. The molecule has 0 aliphatic carbocycles. The zero-order chi connectivity index (χ0) is 20.7. The highest BCUT2D eigenvalue weighted by Gasteiger charge is 2.52. The molecule has 28 heavy (non-hydrogen) atoms. The van der Waals surface area contributed by atoms with E-state index in [4.69, 9.17) is 25.7 Å². The summed E-state index contributed by atoms with van der Waals surface area (Å²) in [5.74, 6) is -3.82. The molecule has 158 valence electrons. The van der Waals surface area contributed by atoms with Gasteiger partial charge in [-0.3, -0.25) is 14.4 Å². The first kappa shape index (κ1) is 22.2. The number of unbranched alkanes of at least 4 members (excludes halogenated alkanes) is 1. The first-order chi connectivity index (χ1) is 13.4. The van der Waals surface area contributed by atoms with Crippen LogP contribution in [0.1, 0.15) is 32.1 Å². The number of Topliss-reactive ketones (excluding diaryl/α,β-unsaturated/α-hetero) is 1. The standard InChI is InChI=1S/C17H27N3O8/c18-6-2-1-4-9(19)15(23)26-11(8-21)13-14(12(22)17(25)27-13)28-16(24)10-5-3-7-20-10/h9-11,13-14,20-21H,1-8,18-19H2/t9-,10-,11-,13+,14?/m0/s1. The van der Waals surface area contributed by atoms with Crippen LogP contribution in [0.5, 0.6) is 0 Å². The summed E-state index contributed by atoms with van der Waals surface area (Å²) in [6, 6.07) is -1.55. The molecule has 0 bridgehead atoms. The minimum atomic E-state index is -1.60. The van der Waals surface area contributed by atoms with E-state index in [-0.39, 0.29) is 0 Å². The highest BCUT2D eigenvalue weighted by Crippen LogP contribution is 2.23. The average molecular weight is 401 g/mol. The van der Waals surface area contributed by atoms with Crippen LogP contribution in [-0.4, -0.2) is 78.9 Å². The third-order valence-corrected chi connectivity index (χ3v) is 4.67. The second-order valence-corrected chi connectivity index (χ2v) is 6.79. The molecule has 0 saturated carbocycles. The molecule has 0 aromatic carbocycles. The van der Waals surface area contributed by atoms with Crippen molar-refractivity contribution >= 4 is 23.7 Å². The number of nitrogens with one attached hydrogen (secondary N) is 1. The van der Waals surface area contributed by atoms with E-state index in [0.29, 0.717) is 38.8 Å². The van der Waals surface area contributed by atoms with Crippen molar-refractivity contribution in [3.63, 3.8) is 0 Å². The fourth-order valence-corrected chi connectivity index (χ4v) is 3.06. The third kappa shape index (κ3) is 5.47. The zero-order valence-corrected chi connectivity index (χ0v) is 15.5. The lowest BCUT2D eigenvalue weighted by atomic mass is 10.1. The topological polar surface area (TPSA) is 180 Å². The maximum Gasteiger partial charge on any atom is 0.379 e. The highest BCUT2D eigenvalue weighted by atomic mass is 16.6. The minimum Gasteiger partial charge on any atom is -0.455 e. The van der Waals surface area contributed by atoms with Crippen molar-refractivity contribution < 1.29 is 38.5 Å². The summed E-state index contributed by atoms with van der Waals surface area (Å²) in [5.41, 5.74) is 11.1. The molecule has 0 aromatic heterocycles. The normalized spacial score (nSPS) is 26.6. The lowest BCUT2D eigenvalue weighted by molar-refractivity contribution is -0.175. The number of hydrogen-bond acceptors (Lipinski definition) is 11. The Bertz CT molecular complexity index is 593. The van der Waals surface area contributed by atoms with Crippen molar-refractivity contribution in [2.45, 2.75) is 62.5 Å². The van der Waals surface area contributed by atoms with Gasteiger partial charge in [0.05, 0.1) is 6.61 Å². The van der Waals surface area contributed by atoms with Crippen LogP contribution in [0.3, 0.4) is 0 Å². The van der Waals surface area contributed by atoms with E-state index >= 15 is 0 Å². The molecule has 0 radical (unpaired) electrons. The number of carbonyl (C=O) groups excluding carboxylic acids is 4. The molecule has 0 amide bonds. The van der Waals surface area contributed by atoms with E-state index in [0.717, 1.165) is 6.42 Å². The van der Waals surface area contributed by atoms with Gasteiger partial charge in [-0.2, -0.15) is 0 Å². The molecule has 11 heteroatoms. The Labute approximate surface area is 162 Å². The lowest BCUT2D eigenvalue weighted by Crippen LogP contribution is -2.48. The number of ketones is 1. The van der Waals surface area contributed by atoms with Gasteiger partial charge in [-0.05, 0) is 38.8 Å². The number of carbonyl (C=O) groups is 4. The summed E-state index contributed by atoms with van der Waals surface area (Å²) >= 11 is 0. The van der Waals surface area contributed by atoms with Gasteiger partial charge in [0, 0.05) is 0 Å². The molecule has 2 aliphatic heterocycles. The van der Waals surface area contributed by atoms with Gasteiger partial charge in [0.2, 0.25) is 6.10 Å². The number of nitrogens with two attached hydrogens (primary N) is 2. The van der Waals surface area contributed by atoms with E-state index in [1.165, 1.54) is 0 Å². The van der Waals surface area contributed by atoms with Gasteiger partial charge in [0.15, 0.2) is 12.2 Å². The molecule has 1 unspecified atom stereocenters. The van der Waals surface area contributed by atoms with Crippen molar-refractivity contribution in [2.24, 2.45) is 11.5 Å². The van der Waals surface area contributed by atoms with Crippen LogP contribution in [0.4, 0.5) is 0 Å². The molecule has 2 aliphatic rings. The van der Waals surface area contributed by atoms with Crippen molar-refractivity contribution in [2.75, 3.05) is 19.7 Å². The zero-order valence-electron chi connectivity index (χ0n) is 15.5. The van der Waals surface area contributed by atoms with E-state index < -0.39 is 60.7 Å². The van der Waals surface area contributed by atoms with Gasteiger partial charge in [0.1, 0.15) is 12.1 Å². The van der Waals surface area contributed by atoms with E-state index in [1.807, 2.05) is 0 Å². The number of cyclic esters (lactones) is 1. The second-order valence-electron chi connectivity index (χ2n) is 6.79. The Kier molecular flexibility index (Phi) is 8.30. The molecule has 2 saturated heterocycles. The Morgan fingerprint density at radius 2 is 2.07 bits per heavy atom. The number of aliphatic hydroxyl groups is 1. The summed E-state index contributed by atoms with van der Waals surface area (Å²) in [7, 11) is 0. The monoisotopic (exact) mass is 401 g/mol. The second kappa shape index (κ2) is 10.5. The molecule has 5 atom stereocenters. The Balaban J connectivity index is 2.00. The van der Waals surface area contributed by atoms with Crippen LogP contribution < -0.4 is 16.8 Å². The van der Waals surface area contributed by atoms with Crippen LogP contribution in [0.25, 0.3) is 0 Å². The minimum absolute atomic E-state index is 0.323. The van der Waals surface area contributed by atoms with Gasteiger partial charge in [-0.1, -0.05) is 6.42 Å². The maximum absolute atomic E-state index is 12.2. The molecule has 0 spiro atoms. The lowest BCUT2D eigenvalue weighted by Gasteiger charge is -2.26. The predicted octanol–water partition coefficient (Wildman–Crippen LogP) is -2.49. The van der Waals surface area contributed by atoms with Crippen LogP contribution in [0.15, 0.2) is 0 Å². The average Bonchev–Trinajstić information content (AvgIpc) is 3.30. The summed E-state index contributed by atoms with van der Waals surface area (Å²) in [5, 5.41) is 12.5. The molecule has 11 nitrogen and oxygen atoms in total. The first-order valence-corrected chi connectivity index (χ1v) is 9.34. The number of aliphatic hydroxyl groups excluding tert-OH is 1. The number of rotatable bonds is 10. The number of esters is 3. The third-order valence-electron chi connectivity index (χ3n) is 4.67. The molecular formula is C17H27N3O8.